The van der Waals surface area contributed by atoms with Gasteiger partial charge in [0.05, 0.1) is 9.79 Å². The topological polar surface area (TPSA) is 97.5 Å². The van der Waals surface area contributed by atoms with Crippen LogP contribution in [0.25, 0.3) is 0 Å². The van der Waals surface area contributed by atoms with Crippen molar-refractivity contribution in [1.82, 2.24) is 4.31 Å². The van der Waals surface area contributed by atoms with Gasteiger partial charge in [0, 0.05) is 13.1 Å². The van der Waals surface area contributed by atoms with Gasteiger partial charge < -0.3 is 0 Å². The van der Waals surface area contributed by atoms with Crippen LogP contribution in [0.3, 0.4) is 0 Å². The second kappa shape index (κ2) is 7.35. The van der Waals surface area contributed by atoms with E-state index in [4.69, 9.17) is 5.14 Å². The third-order valence-corrected chi connectivity index (χ3v) is 8.09. The van der Waals surface area contributed by atoms with E-state index in [2.05, 4.69) is 0 Å². The fourth-order valence-electron chi connectivity index (χ4n) is 3.39. The first-order valence-electron chi connectivity index (χ1n) is 8.83. The predicted octanol–water partition coefficient (Wildman–Crippen LogP) is 2.59. The number of hydrogen-bond acceptors (Lipinski definition) is 4. The normalized spacial score (nSPS) is 16.1. The summed E-state index contributed by atoms with van der Waals surface area (Å²) in [6.45, 7) is 1.77. The van der Waals surface area contributed by atoms with Gasteiger partial charge in [0.2, 0.25) is 20.0 Å². The molecule has 8 heteroatoms. The first kappa shape index (κ1) is 20.0. The van der Waals surface area contributed by atoms with Gasteiger partial charge in [-0.1, -0.05) is 18.2 Å². The predicted molar refractivity (Wildman–Crippen MR) is 104 cm³/mol. The summed E-state index contributed by atoms with van der Waals surface area (Å²) in [7, 11) is -5.91. The van der Waals surface area contributed by atoms with Crippen LogP contribution in [-0.2, 0) is 32.9 Å². The summed E-state index contributed by atoms with van der Waals surface area (Å²) in [6.07, 6.45) is 4.13. The largest absolute Gasteiger partial charge is 0.243 e. The molecule has 2 aromatic rings. The molecular formula is C19H24N2O4S2. The second-order valence-corrected chi connectivity index (χ2v) is 10.5. The van der Waals surface area contributed by atoms with Crippen LogP contribution < -0.4 is 5.14 Å². The van der Waals surface area contributed by atoms with E-state index < -0.39 is 26.1 Å². The zero-order chi connectivity index (χ0) is 19.8. The third-order valence-electron chi connectivity index (χ3n) is 5.23. The Hall–Kier alpha value is -1.74. The molecule has 0 saturated heterocycles. The monoisotopic (exact) mass is 408 g/mol. The smallest absolute Gasteiger partial charge is 0.225 e. The number of hydrogen-bond donors (Lipinski definition) is 1. The number of nitrogens with two attached hydrogens (primary N) is 1. The molecule has 0 saturated carbocycles. The van der Waals surface area contributed by atoms with Crippen LogP contribution in [-0.4, -0.2) is 28.2 Å². The first-order chi connectivity index (χ1) is 12.6. The Morgan fingerprint density at radius 2 is 1.44 bits per heavy atom. The van der Waals surface area contributed by atoms with Gasteiger partial charge in [-0.05, 0) is 73.6 Å². The molecule has 2 aromatic carbocycles. The molecule has 0 heterocycles. The molecule has 1 atom stereocenters. The second-order valence-electron chi connectivity index (χ2n) is 6.95. The van der Waals surface area contributed by atoms with Gasteiger partial charge in [-0.2, -0.15) is 4.31 Å². The third kappa shape index (κ3) is 4.08. The lowest BCUT2D eigenvalue weighted by atomic mass is 9.92. The average Bonchev–Trinajstić information content (AvgIpc) is 2.65. The zero-order valence-corrected chi connectivity index (χ0v) is 17.1. The summed E-state index contributed by atoms with van der Waals surface area (Å²) < 4.78 is 50.2. The van der Waals surface area contributed by atoms with Crippen LogP contribution >= 0.6 is 0 Å². The van der Waals surface area contributed by atoms with Crippen LogP contribution in [0.4, 0.5) is 0 Å². The minimum absolute atomic E-state index is 0.00125. The Morgan fingerprint density at radius 1 is 0.889 bits per heavy atom. The van der Waals surface area contributed by atoms with Crippen molar-refractivity contribution >= 4 is 20.0 Å². The summed E-state index contributed by atoms with van der Waals surface area (Å²) in [6, 6.07) is 10.9. The van der Waals surface area contributed by atoms with Gasteiger partial charge in [0.1, 0.15) is 0 Å². The fraction of sp³-hybridized carbons (Fsp3) is 0.368. The maximum atomic E-state index is 13.1. The van der Waals surface area contributed by atoms with Gasteiger partial charge in [-0.15, -0.1) is 0 Å². The molecule has 0 unspecified atom stereocenters. The molecule has 2 N–H and O–H groups in total. The van der Waals surface area contributed by atoms with Crippen molar-refractivity contribution in [1.29, 1.82) is 0 Å². The molecule has 0 fully saturated rings. The van der Waals surface area contributed by atoms with Crippen LogP contribution in [0.1, 0.15) is 42.5 Å². The van der Waals surface area contributed by atoms with Gasteiger partial charge in [0.15, 0.2) is 0 Å². The molecule has 0 spiro atoms. The number of rotatable bonds is 5. The van der Waals surface area contributed by atoms with Crippen LogP contribution in [0, 0.1) is 0 Å². The van der Waals surface area contributed by atoms with Crippen molar-refractivity contribution in [2.24, 2.45) is 5.14 Å². The van der Waals surface area contributed by atoms with Crippen LogP contribution in [0.2, 0.25) is 0 Å². The van der Waals surface area contributed by atoms with E-state index in [-0.39, 0.29) is 4.90 Å². The van der Waals surface area contributed by atoms with Crippen LogP contribution in [0.15, 0.2) is 52.3 Å². The first-order valence-corrected chi connectivity index (χ1v) is 11.8. The maximum Gasteiger partial charge on any atom is 0.243 e. The van der Waals surface area contributed by atoms with Gasteiger partial charge in [-0.25, -0.2) is 22.0 Å². The summed E-state index contributed by atoms with van der Waals surface area (Å²) in [5.41, 5.74) is 3.03. The summed E-state index contributed by atoms with van der Waals surface area (Å²) >= 11 is 0. The van der Waals surface area contributed by atoms with Gasteiger partial charge >= 0.3 is 0 Å². The highest BCUT2D eigenvalue weighted by atomic mass is 32.2. The number of benzene rings is 2. The molecule has 0 radical (unpaired) electrons. The molecule has 6 nitrogen and oxygen atoms in total. The van der Waals surface area contributed by atoms with E-state index in [1.54, 1.807) is 31.2 Å². The molecule has 0 aromatic heterocycles. The lowest BCUT2D eigenvalue weighted by Crippen LogP contribution is -2.30. The minimum atomic E-state index is -3.78. The highest BCUT2D eigenvalue weighted by molar-refractivity contribution is 7.89. The summed E-state index contributed by atoms with van der Waals surface area (Å²) in [5.74, 6) is 0. The Balaban J connectivity index is 1.88. The summed E-state index contributed by atoms with van der Waals surface area (Å²) in [5, 5.41) is 5.11. The number of nitrogens with zero attached hydrogens (tertiary/aromatic N) is 1. The molecule has 1 aliphatic carbocycles. The molecule has 0 bridgehead atoms. The van der Waals surface area contributed by atoms with Crippen molar-refractivity contribution in [3.05, 3.63) is 59.2 Å². The van der Waals surface area contributed by atoms with Crippen molar-refractivity contribution < 1.29 is 16.8 Å². The van der Waals surface area contributed by atoms with Gasteiger partial charge in [0.25, 0.3) is 0 Å². The molecule has 146 valence electrons. The SMILES string of the molecule is C[C@@H](c1ccc(S(N)(=O)=O)cc1)N(C)S(=O)(=O)c1ccc2c(c1)CCCC2. The van der Waals surface area contributed by atoms with E-state index >= 15 is 0 Å². The van der Waals surface area contributed by atoms with Crippen LogP contribution in [0.5, 0.6) is 0 Å². The Bertz CT molecular complexity index is 1050. The van der Waals surface area contributed by atoms with E-state index in [1.165, 1.54) is 29.0 Å². The minimum Gasteiger partial charge on any atom is -0.225 e. The highest BCUT2D eigenvalue weighted by Crippen LogP contribution is 2.29. The van der Waals surface area contributed by atoms with Crippen molar-refractivity contribution in [3.63, 3.8) is 0 Å². The summed E-state index contributed by atoms with van der Waals surface area (Å²) in [4.78, 5) is 0.289. The lowest BCUT2D eigenvalue weighted by Gasteiger charge is -2.26. The number of aryl methyl sites for hydroxylation is 2. The molecular weight excluding hydrogens is 384 g/mol. The standard InChI is InChI=1S/C19H24N2O4S2/c1-14(15-7-10-18(11-8-15)26(20,22)23)21(2)27(24,25)19-12-9-16-5-3-4-6-17(16)13-19/h7-14H,3-6H2,1-2H3,(H2,20,22,23)/t14-/m0/s1. The van der Waals surface area contributed by atoms with Crippen molar-refractivity contribution in [2.75, 3.05) is 7.05 Å². The van der Waals surface area contributed by atoms with Crippen molar-refractivity contribution in [2.45, 2.75) is 48.4 Å². The fourth-order valence-corrected chi connectivity index (χ4v) is 5.31. The molecule has 0 amide bonds. The van der Waals surface area contributed by atoms with Gasteiger partial charge in [-0.3, -0.25) is 0 Å². The Kier molecular flexibility index (Phi) is 5.45. The lowest BCUT2D eigenvalue weighted by molar-refractivity contribution is 0.398. The van der Waals surface area contributed by atoms with Crippen molar-refractivity contribution in [3.8, 4) is 0 Å². The number of fused-ring (bicyclic) bond motifs is 1. The molecule has 3 rings (SSSR count). The molecule has 27 heavy (non-hydrogen) atoms. The number of sulfonamides is 2. The Morgan fingerprint density at radius 3 is 2.04 bits per heavy atom. The van der Waals surface area contributed by atoms with E-state index in [9.17, 15) is 16.8 Å². The quantitative estimate of drug-likeness (QED) is 0.822. The molecule has 0 aliphatic heterocycles. The van der Waals surface area contributed by atoms with E-state index in [0.29, 0.717) is 10.5 Å². The van der Waals surface area contributed by atoms with E-state index in [1.807, 2.05) is 6.07 Å². The maximum absolute atomic E-state index is 13.1. The molecule has 1 aliphatic rings. The Labute approximate surface area is 161 Å². The highest BCUT2D eigenvalue weighted by Gasteiger charge is 2.27. The zero-order valence-electron chi connectivity index (χ0n) is 15.4. The number of primary sulfonamides is 1. The van der Waals surface area contributed by atoms with E-state index in [0.717, 1.165) is 31.2 Å². The average molecular weight is 409 g/mol.